The number of sulfonamides is 4. The Bertz CT molecular complexity index is 6450. The standard InChI is InChI=1S/C24H20ClN3O4S.C22H20ClN3O4S.2C21H17ClFN3O4S/c25-21-10-7-18(14-20(21)23-13-17-3-1-2-4-22(17)27-23)26-24(29)16-5-8-19(9-6-16)28-11-12-32-15-33(28,30)31;1-15-8-9-24-21(12-15)19-13-17(4-7-20(19)23)25-22(27)16-2-5-18(6-3-16)26-10-11-30-14-31(26,28)29;22-19-7-4-16(11-18(19)20-8-3-15(23)12-24-20)25-21(27)14-1-5-17(6-2-14)26-9-10-30-13-31(26,28)29;22-19-6-3-16(12-18(19)20-11-15(23)7-8-24-20)25-21(27)14-1-4-17(5-2-14)26-9-10-30-13-31(26,28)29/h1-10,14H,11-13,15H2,(H,26,29);2-9,12-13H,10-11,14H2,1H3,(H,25,27);2*1-8,11-12H,9-10,13H2,(H,25,27). The topological polar surface area (TPSA) is 354 Å². The third-order valence-electron chi connectivity index (χ3n) is 19.7. The zero-order chi connectivity index (χ0) is 89.0. The van der Waals surface area contributed by atoms with E-state index in [0.717, 1.165) is 45.5 Å². The Hall–Kier alpha value is -12.2. The van der Waals surface area contributed by atoms with E-state index in [0.29, 0.717) is 143 Å². The van der Waals surface area contributed by atoms with E-state index >= 15 is 0 Å². The van der Waals surface area contributed by atoms with E-state index in [1.807, 2.05) is 49.4 Å². The molecule has 4 amide bonds. The fraction of sp³-hybridized carbons (Fsp3) is 0.159. The lowest BCUT2D eigenvalue weighted by atomic mass is 10.0. The Morgan fingerprint density at radius 1 is 0.357 bits per heavy atom. The molecule has 4 fully saturated rings. The van der Waals surface area contributed by atoms with Crippen molar-refractivity contribution >= 4 is 167 Å². The Morgan fingerprint density at radius 2 is 0.690 bits per heavy atom. The van der Waals surface area contributed by atoms with Gasteiger partial charge in [-0.1, -0.05) is 64.6 Å². The van der Waals surface area contributed by atoms with Crippen LogP contribution in [0.25, 0.3) is 33.8 Å². The number of hydrogen-bond acceptors (Lipinski definition) is 20. The molecular weight excluding hydrogens is 1790 g/mol. The molecule has 648 valence electrons. The van der Waals surface area contributed by atoms with Crippen molar-refractivity contribution in [2.45, 2.75) is 13.3 Å². The van der Waals surface area contributed by atoms with Crippen molar-refractivity contribution in [3.63, 3.8) is 0 Å². The number of hydrogen-bond donors (Lipinski definition) is 4. The van der Waals surface area contributed by atoms with Crippen LogP contribution in [0.5, 0.6) is 0 Å². The fourth-order valence-corrected chi connectivity index (χ4v) is 19.3. The average molecular weight is 1860 g/mol. The summed E-state index contributed by atoms with van der Waals surface area (Å²) in [5.41, 5.74) is 13.6. The number of aryl methyl sites for hydroxylation is 1. The molecule has 17 rings (SSSR count). The van der Waals surface area contributed by atoms with E-state index < -0.39 is 57.6 Å². The fourth-order valence-electron chi connectivity index (χ4n) is 13.4. The third-order valence-corrected chi connectivity index (χ3v) is 27.1. The molecule has 5 aliphatic heterocycles. The monoisotopic (exact) mass is 1860 g/mol. The van der Waals surface area contributed by atoms with E-state index in [4.69, 9.17) is 65.4 Å². The molecule has 28 nitrogen and oxygen atoms in total. The molecule has 9 aromatic carbocycles. The van der Waals surface area contributed by atoms with Crippen molar-refractivity contribution in [2.24, 2.45) is 4.99 Å². The lowest BCUT2D eigenvalue weighted by Gasteiger charge is -2.28. The molecule has 5 aliphatic rings. The number of pyridine rings is 3. The van der Waals surface area contributed by atoms with Gasteiger partial charge < -0.3 is 40.2 Å². The molecule has 0 saturated carbocycles. The highest BCUT2D eigenvalue weighted by Crippen LogP contribution is 2.37. The molecule has 12 aromatic rings. The van der Waals surface area contributed by atoms with E-state index in [1.165, 1.54) is 47.7 Å². The second-order valence-electron chi connectivity index (χ2n) is 28.4. The highest BCUT2D eigenvalue weighted by atomic mass is 35.5. The van der Waals surface area contributed by atoms with Gasteiger partial charge in [0.05, 0.1) is 125 Å². The first-order valence-electron chi connectivity index (χ1n) is 38.4. The number of anilines is 8. The summed E-state index contributed by atoms with van der Waals surface area (Å²) in [5, 5.41) is 13.1. The summed E-state index contributed by atoms with van der Waals surface area (Å²) in [7, 11) is -14.1. The number of aliphatic imine (C=N–C) groups is 1. The van der Waals surface area contributed by atoms with Crippen molar-refractivity contribution in [1.29, 1.82) is 0 Å². The van der Waals surface area contributed by atoms with E-state index in [1.54, 1.807) is 170 Å². The van der Waals surface area contributed by atoms with Gasteiger partial charge in [0.2, 0.25) is 0 Å². The van der Waals surface area contributed by atoms with E-state index in [-0.39, 0.29) is 67.7 Å². The van der Waals surface area contributed by atoms with Crippen LogP contribution in [0.4, 0.5) is 60.0 Å². The Labute approximate surface area is 743 Å². The van der Waals surface area contributed by atoms with Gasteiger partial charge in [0.25, 0.3) is 63.7 Å². The van der Waals surface area contributed by atoms with Crippen molar-refractivity contribution in [2.75, 3.05) is 115 Å². The minimum absolute atomic E-state index is 0.218. The van der Waals surface area contributed by atoms with Gasteiger partial charge >= 0.3 is 0 Å². The first-order valence-corrected chi connectivity index (χ1v) is 46.3. The summed E-state index contributed by atoms with van der Waals surface area (Å²) >= 11 is 25.2. The lowest BCUT2D eigenvalue weighted by molar-refractivity contribution is 0.101. The first kappa shape index (κ1) is 90.1. The summed E-state index contributed by atoms with van der Waals surface area (Å²) in [4.78, 5) is 68.0. The maximum Gasteiger partial charge on any atom is 0.259 e. The van der Waals surface area contributed by atoms with Crippen LogP contribution in [0.3, 0.4) is 0 Å². The molecule has 0 atom stereocenters. The summed E-state index contributed by atoms with van der Waals surface area (Å²) in [6.45, 7) is 4.17. The molecule has 8 heterocycles. The number of ether oxygens (including phenoxy) is 4. The maximum absolute atomic E-state index is 13.5. The number of rotatable bonds is 16. The number of halogens is 6. The van der Waals surface area contributed by atoms with Crippen LogP contribution < -0.4 is 38.5 Å². The Kier molecular flexibility index (Phi) is 28.3. The van der Waals surface area contributed by atoms with Crippen LogP contribution >= 0.6 is 46.4 Å². The summed E-state index contributed by atoms with van der Waals surface area (Å²) in [6, 6.07) is 62.6. The second-order valence-corrected chi connectivity index (χ2v) is 37.4. The second kappa shape index (κ2) is 39.6. The lowest BCUT2D eigenvalue weighted by Crippen LogP contribution is -2.41. The van der Waals surface area contributed by atoms with Gasteiger partial charge in [-0.2, -0.15) is 0 Å². The average Bonchev–Trinajstić information content (AvgIpc) is 1.06. The predicted molar refractivity (Wildman–Crippen MR) is 482 cm³/mol. The van der Waals surface area contributed by atoms with Gasteiger partial charge in [0.1, 0.15) is 11.6 Å². The number of benzene rings is 9. The Balaban J connectivity index is 0.000000136. The molecule has 0 aliphatic carbocycles. The molecule has 0 bridgehead atoms. The van der Waals surface area contributed by atoms with Gasteiger partial charge in [0, 0.05) is 97.2 Å². The third kappa shape index (κ3) is 22.2. The maximum atomic E-state index is 13.5. The molecule has 0 radical (unpaired) electrons. The van der Waals surface area contributed by atoms with Crippen LogP contribution in [-0.2, 0) is 65.5 Å². The molecule has 3 aromatic heterocycles. The van der Waals surface area contributed by atoms with Crippen molar-refractivity contribution in [1.82, 2.24) is 15.0 Å². The van der Waals surface area contributed by atoms with Gasteiger partial charge in [-0.25, -0.2) is 42.5 Å². The smallest absolute Gasteiger partial charge is 0.259 e. The minimum atomic E-state index is -3.53. The number of nitrogens with one attached hydrogen (secondary N) is 4. The number of nitrogens with zero attached hydrogens (tertiary/aromatic N) is 8. The van der Waals surface area contributed by atoms with Gasteiger partial charge in [-0.05, 0) is 224 Å². The minimum Gasteiger partial charge on any atom is -0.362 e. The van der Waals surface area contributed by atoms with Gasteiger partial charge in [0.15, 0.2) is 23.8 Å². The molecule has 4 saturated heterocycles. The summed E-state index contributed by atoms with van der Waals surface area (Å²) < 4.78 is 149. The van der Waals surface area contributed by atoms with Crippen molar-refractivity contribution in [3.05, 3.63) is 320 Å². The highest BCUT2D eigenvalue weighted by Gasteiger charge is 2.32. The van der Waals surface area contributed by atoms with Crippen molar-refractivity contribution < 1.29 is 80.6 Å². The number of para-hydroxylation sites is 1. The molecule has 0 spiro atoms. The zero-order valence-electron chi connectivity index (χ0n) is 66.4. The van der Waals surface area contributed by atoms with Crippen LogP contribution in [0.1, 0.15) is 58.1 Å². The quantitative estimate of drug-likeness (QED) is 0.0698. The van der Waals surface area contributed by atoms with Crippen LogP contribution in [0, 0.1) is 18.6 Å². The summed E-state index contributed by atoms with van der Waals surface area (Å²) in [5.74, 6) is -3.72. The molecule has 0 unspecified atom stereocenters. The number of fused-ring (bicyclic) bond motifs is 1. The van der Waals surface area contributed by atoms with Gasteiger partial charge in [-0.15, -0.1) is 0 Å². The number of amides is 4. The molecule has 126 heavy (non-hydrogen) atoms. The van der Waals surface area contributed by atoms with Crippen LogP contribution in [0.15, 0.2) is 254 Å². The summed E-state index contributed by atoms with van der Waals surface area (Å²) in [6.07, 6.45) is 4.82. The zero-order valence-corrected chi connectivity index (χ0v) is 72.7. The largest absolute Gasteiger partial charge is 0.362 e. The number of aromatic nitrogens is 3. The van der Waals surface area contributed by atoms with Gasteiger partial charge in [-0.3, -0.25) is 56.3 Å². The van der Waals surface area contributed by atoms with Crippen molar-refractivity contribution in [3.8, 4) is 33.8 Å². The number of carbonyl (C=O) groups is 4. The first-order chi connectivity index (χ1) is 60.4. The van der Waals surface area contributed by atoms with E-state index in [9.17, 15) is 61.6 Å². The molecular formula is C88H74Cl4F2N12O16S4. The van der Waals surface area contributed by atoms with E-state index in [2.05, 4.69) is 41.2 Å². The highest BCUT2D eigenvalue weighted by molar-refractivity contribution is 7.93. The van der Waals surface area contributed by atoms with Crippen LogP contribution in [0.2, 0.25) is 20.1 Å². The Morgan fingerprint density at radius 3 is 1.02 bits per heavy atom. The number of carbonyl (C=O) groups excluding carboxylic acids is 4. The molecule has 38 heteroatoms. The normalized spacial score (nSPS) is 15.8. The van der Waals surface area contributed by atoms with Crippen LogP contribution in [-0.4, -0.2) is 154 Å². The molecule has 4 N–H and O–H groups in total. The predicted octanol–water partition coefficient (Wildman–Crippen LogP) is 16.3. The SMILES string of the molecule is Cc1ccnc(-c2cc(NC(=O)c3ccc(N4CCOCS4(=O)=O)cc3)ccc2Cl)c1.O=C(Nc1ccc(Cl)c(-c2cc(F)ccn2)c1)c1ccc(N2CCOCS2(=O)=O)cc1.O=C(Nc1ccc(Cl)c(-c2ccc(F)cn2)c1)c1ccc(N2CCOCS2(=O)=O)cc1.O=C(Nc1ccc(Cl)c(C2=Nc3ccccc3C2)c1)c1ccc(N2CCOCS2(=O)=O)cc1.